The van der Waals surface area contributed by atoms with E-state index in [1.54, 1.807) is 26.4 Å². The van der Waals surface area contributed by atoms with Crippen LogP contribution in [-0.2, 0) is 22.3 Å². The molecule has 0 saturated heterocycles. The lowest BCUT2D eigenvalue weighted by atomic mass is 10.1. The quantitative estimate of drug-likeness (QED) is 0.546. The summed E-state index contributed by atoms with van der Waals surface area (Å²) in [6, 6.07) is 14.7. The first kappa shape index (κ1) is 18.0. The molecule has 0 aliphatic rings. The molecule has 0 saturated carbocycles. The van der Waals surface area contributed by atoms with Crippen molar-refractivity contribution in [2.45, 2.75) is 12.8 Å². The van der Waals surface area contributed by atoms with E-state index in [0.717, 1.165) is 11.1 Å². The van der Waals surface area contributed by atoms with Gasteiger partial charge in [-0.2, -0.15) is 0 Å². The predicted molar refractivity (Wildman–Crippen MR) is 90.7 cm³/mol. The van der Waals surface area contributed by atoms with Crippen molar-refractivity contribution in [1.82, 2.24) is 0 Å². The first-order valence-corrected chi connectivity index (χ1v) is 7.78. The molecule has 0 fully saturated rings. The Morgan fingerprint density at radius 1 is 0.750 bits per heavy atom. The van der Waals surface area contributed by atoms with E-state index in [-0.39, 0.29) is 0 Å². The van der Waals surface area contributed by atoms with Crippen LogP contribution in [0.2, 0.25) is 0 Å². The summed E-state index contributed by atoms with van der Waals surface area (Å²) in [6.45, 7) is 1.10. The number of benzene rings is 2. The molecule has 0 bridgehead atoms. The molecule has 0 aromatic heterocycles. The molecule has 2 aromatic carbocycles. The van der Waals surface area contributed by atoms with Gasteiger partial charge >= 0.3 is 6.16 Å². The van der Waals surface area contributed by atoms with Crippen molar-refractivity contribution in [1.29, 1.82) is 0 Å². The second kappa shape index (κ2) is 9.70. The van der Waals surface area contributed by atoms with Gasteiger partial charge in [0.2, 0.25) is 0 Å². The number of methoxy groups -OCH3 is 2. The van der Waals surface area contributed by atoms with E-state index < -0.39 is 6.16 Å². The fourth-order valence-corrected chi connectivity index (χ4v) is 2.24. The van der Waals surface area contributed by atoms with Gasteiger partial charge in [-0.1, -0.05) is 36.4 Å². The third kappa shape index (κ3) is 5.37. The van der Waals surface area contributed by atoms with Crippen LogP contribution in [0, 0.1) is 0 Å². The second-order valence-electron chi connectivity index (χ2n) is 5.16. The number of rotatable bonds is 8. The van der Waals surface area contributed by atoms with Crippen LogP contribution < -0.4 is 9.47 Å². The van der Waals surface area contributed by atoms with Crippen molar-refractivity contribution >= 4 is 6.16 Å². The zero-order valence-corrected chi connectivity index (χ0v) is 14.0. The van der Waals surface area contributed by atoms with Crippen molar-refractivity contribution in [2.24, 2.45) is 0 Å². The molecule has 128 valence electrons. The minimum absolute atomic E-state index is 0.480. The molecule has 5 heteroatoms. The fraction of sp³-hybridized carbons (Fsp3) is 0.316. The van der Waals surface area contributed by atoms with Gasteiger partial charge in [0, 0.05) is 14.2 Å². The lowest BCUT2D eigenvalue weighted by Gasteiger charge is -2.12. The van der Waals surface area contributed by atoms with Crippen LogP contribution in [0.1, 0.15) is 11.1 Å². The average Bonchev–Trinajstić information content (AvgIpc) is 2.60. The van der Waals surface area contributed by atoms with Crippen LogP contribution >= 0.6 is 0 Å². The van der Waals surface area contributed by atoms with E-state index in [1.807, 2.05) is 36.4 Å². The molecule has 0 N–H and O–H groups in total. The highest BCUT2D eigenvalue weighted by Crippen LogP contribution is 2.22. The zero-order chi connectivity index (χ0) is 17.2. The highest BCUT2D eigenvalue weighted by molar-refractivity contribution is 5.68. The van der Waals surface area contributed by atoms with Crippen molar-refractivity contribution in [3.05, 3.63) is 59.7 Å². The smallest absolute Gasteiger partial charge is 0.394 e. The minimum atomic E-state index is -0.760. The molecule has 2 rings (SSSR count). The summed E-state index contributed by atoms with van der Waals surface area (Å²) in [6.07, 6.45) is 0.555. The van der Waals surface area contributed by atoms with Gasteiger partial charge in [0.1, 0.15) is 11.5 Å². The van der Waals surface area contributed by atoms with E-state index in [4.69, 9.17) is 18.9 Å². The first-order chi connectivity index (χ1) is 11.7. The summed E-state index contributed by atoms with van der Waals surface area (Å²) >= 11 is 0. The lowest BCUT2D eigenvalue weighted by Crippen LogP contribution is -2.16. The largest absolute Gasteiger partial charge is 0.519 e. The first-order valence-electron chi connectivity index (χ1n) is 7.78. The Balaban J connectivity index is 2.04. The van der Waals surface area contributed by atoms with Crippen LogP contribution in [0.4, 0.5) is 4.79 Å². The molecule has 0 atom stereocenters. The van der Waals surface area contributed by atoms with E-state index >= 15 is 0 Å². The molecule has 24 heavy (non-hydrogen) atoms. The molecule has 5 nitrogen and oxygen atoms in total. The number of ether oxygens (including phenoxy) is 4. The number of hydrogen-bond acceptors (Lipinski definition) is 5. The Kier molecular flexibility index (Phi) is 7.26. The van der Waals surface area contributed by atoms with Crippen LogP contribution in [0.3, 0.4) is 0 Å². The highest BCUT2D eigenvalue weighted by Gasteiger charge is 2.13. The number of para-hydroxylation sites is 2. The summed E-state index contributed by atoms with van der Waals surface area (Å²) < 4.78 is 20.9. The molecule has 0 spiro atoms. The maximum absolute atomic E-state index is 12.1. The number of carbonyl (C=O) groups is 1. The number of carbonyl (C=O) groups excluding carboxylic acids is 1. The van der Waals surface area contributed by atoms with Gasteiger partial charge in [-0.25, -0.2) is 4.79 Å². The molecular weight excluding hydrogens is 308 g/mol. The Labute approximate surface area is 142 Å². The van der Waals surface area contributed by atoms with Crippen LogP contribution in [-0.4, -0.2) is 33.6 Å². The van der Waals surface area contributed by atoms with E-state index in [1.165, 1.54) is 0 Å². The third-order valence-electron chi connectivity index (χ3n) is 3.48. The molecule has 0 amide bonds. The van der Waals surface area contributed by atoms with Crippen molar-refractivity contribution < 1.29 is 23.7 Å². The molecule has 0 unspecified atom stereocenters. The van der Waals surface area contributed by atoms with E-state index in [2.05, 4.69) is 0 Å². The van der Waals surface area contributed by atoms with E-state index in [9.17, 15) is 4.79 Å². The van der Waals surface area contributed by atoms with Gasteiger partial charge in [-0.3, -0.25) is 0 Å². The van der Waals surface area contributed by atoms with Gasteiger partial charge in [0.25, 0.3) is 0 Å². The predicted octanol–water partition coefficient (Wildman–Crippen LogP) is 3.64. The van der Waals surface area contributed by atoms with Gasteiger partial charge in [-0.15, -0.1) is 0 Å². The van der Waals surface area contributed by atoms with Crippen LogP contribution in [0.5, 0.6) is 11.5 Å². The van der Waals surface area contributed by atoms with Crippen LogP contribution in [0.15, 0.2) is 48.5 Å². The van der Waals surface area contributed by atoms with Crippen molar-refractivity contribution in [3.63, 3.8) is 0 Å². The zero-order valence-electron chi connectivity index (χ0n) is 14.0. The van der Waals surface area contributed by atoms with Gasteiger partial charge in [-0.05, 0) is 36.1 Å². The van der Waals surface area contributed by atoms with Crippen LogP contribution in [0.25, 0.3) is 0 Å². The maximum atomic E-state index is 12.1. The average molecular weight is 330 g/mol. The Bertz CT molecular complexity index is 598. The van der Waals surface area contributed by atoms with Gasteiger partial charge in [0.05, 0.1) is 13.2 Å². The molecule has 0 aliphatic heterocycles. The number of hydrogen-bond donors (Lipinski definition) is 0. The second-order valence-corrected chi connectivity index (χ2v) is 5.16. The molecule has 2 aromatic rings. The SMILES string of the molecule is COCCc1ccccc1OC(=O)Oc1ccccc1CCOC. The standard InChI is InChI=1S/C19H22O5/c1-21-13-11-15-7-3-5-9-17(15)23-19(20)24-18-10-6-4-8-16(18)12-14-22-2/h3-10H,11-14H2,1-2H3. The summed E-state index contributed by atoms with van der Waals surface area (Å²) in [5.41, 5.74) is 1.79. The Hall–Kier alpha value is -2.37. The highest BCUT2D eigenvalue weighted by atomic mass is 16.7. The van der Waals surface area contributed by atoms with Crippen molar-refractivity contribution in [2.75, 3.05) is 27.4 Å². The summed E-state index contributed by atoms with van der Waals surface area (Å²) in [5, 5.41) is 0. The van der Waals surface area contributed by atoms with Gasteiger partial charge in [0.15, 0.2) is 0 Å². The molecule has 0 heterocycles. The minimum Gasteiger partial charge on any atom is -0.394 e. The Morgan fingerprint density at radius 2 is 1.17 bits per heavy atom. The molecular formula is C19H22O5. The normalized spacial score (nSPS) is 10.4. The summed E-state index contributed by atoms with van der Waals surface area (Å²) in [7, 11) is 3.27. The van der Waals surface area contributed by atoms with Crippen molar-refractivity contribution in [3.8, 4) is 11.5 Å². The monoisotopic (exact) mass is 330 g/mol. The summed E-state index contributed by atoms with van der Waals surface area (Å²) in [4.78, 5) is 12.1. The summed E-state index contributed by atoms with van der Waals surface area (Å²) in [5.74, 6) is 0.961. The molecule has 0 radical (unpaired) electrons. The lowest BCUT2D eigenvalue weighted by molar-refractivity contribution is 0.149. The van der Waals surface area contributed by atoms with E-state index in [0.29, 0.717) is 37.6 Å². The Morgan fingerprint density at radius 3 is 1.58 bits per heavy atom. The topological polar surface area (TPSA) is 54.0 Å². The third-order valence-corrected chi connectivity index (χ3v) is 3.48. The van der Waals surface area contributed by atoms with Gasteiger partial charge < -0.3 is 18.9 Å². The molecule has 0 aliphatic carbocycles. The maximum Gasteiger partial charge on any atom is 0.519 e. The fourth-order valence-electron chi connectivity index (χ4n) is 2.24.